The Bertz CT molecular complexity index is 634. The van der Waals surface area contributed by atoms with Gasteiger partial charge in [-0.25, -0.2) is 4.98 Å². The lowest BCUT2D eigenvalue weighted by Gasteiger charge is -2.16. The van der Waals surface area contributed by atoms with Gasteiger partial charge in [-0.15, -0.1) is 0 Å². The fourth-order valence-corrected chi connectivity index (χ4v) is 2.37. The number of nitrogen functional groups attached to an aromatic ring is 1. The molecule has 108 valence electrons. The molecular weight excluding hydrogens is 269 g/mol. The zero-order valence-corrected chi connectivity index (χ0v) is 10.7. The van der Waals surface area contributed by atoms with Gasteiger partial charge in [0, 0.05) is 13.5 Å². The fourth-order valence-electron chi connectivity index (χ4n) is 2.37. The summed E-state index contributed by atoms with van der Waals surface area (Å²) in [6, 6.07) is 0. The lowest BCUT2D eigenvalue weighted by molar-refractivity contribution is -0.0541. The normalized spacial score (nSPS) is 26.4. The SMILES string of the molecule is COCC1CC(O)C(n2cnc3c(N)nc(F)nc32)O1. The van der Waals surface area contributed by atoms with Crippen LogP contribution in [0.5, 0.6) is 0 Å². The Morgan fingerprint density at radius 3 is 3.15 bits per heavy atom. The minimum atomic E-state index is -0.947. The largest absolute Gasteiger partial charge is 0.388 e. The van der Waals surface area contributed by atoms with E-state index in [2.05, 4.69) is 15.0 Å². The van der Waals surface area contributed by atoms with Crippen LogP contribution in [0.15, 0.2) is 6.33 Å². The molecule has 1 saturated heterocycles. The molecule has 20 heavy (non-hydrogen) atoms. The second-order valence-corrected chi connectivity index (χ2v) is 4.61. The molecule has 0 bridgehead atoms. The molecule has 1 aliphatic rings. The van der Waals surface area contributed by atoms with Crippen LogP contribution in [-0.4, -0.2) is 50.6 Å². The average Bonchev–Trinajstić information content (AvgIpc) is 2.93. The maximum atomic E-state index is 13.3. The van der Waals surface area contributed by atoms with E-state index < -0.39 is 18.4 Å². The molecule has 3 unspecified atom stereocenters. The number of hydrogen-bond acceptors (Lipinski definition) is 7. The molecule has 0 amide bonds. The summed E-state index contributed by atoms with van der Waals surface area (Å²) in [7, 11) is 1.55. The Morgan fingerprint density at radius 2 is 2.40 bits per heavy atom. The maximum absolute atomic E-state index is 13.3. The highest BCUT2D eigenvalue weighted by atomic mass is 19.1. The molecule has 0 aliphatic carbocycles. The van der Waals surface area contributed by atoms with Gasteiger partial charge in [-0.2, -0.15) is 14.4 Å². The third kappa shape index (κ3) is 2.09. The van der Waals surface area contributed by atoms with Crippen LogP contribution in [0.25, 0.3) is 11.2 Å². The Kier molecular flexibility index (Phi) is 3.24. The number of nitrogens with zero attached hydrogens (tertiary/aromatic N) is 4. The number of hydrogen-bond donors (Lipinski definition) is 2. The summed E-state index contributed by atoms with van der Waals surface area (Å²) in [4.78, 5) is 11.1. The average molecular weight is 283 g/mol. The van der Waals surface area contributed by atoms with E-state index in [1.165, 1.54) is 10.9 Å². The lowest BCUT2D eigenvalue weighted by atomic mass is 10.2. The number of fused-ring (bicyclic) bond motifs is 1. The van der Waals surface area contributed by atoms with Crippen molar-refractivity contribution in [2.45, 2.75) is 24.9 Å². The Labute approximate surface area is 113 Å². The highest BCUT2D eigenvalue weighted by molar-refractivity contribution is 5.81. The summed E-state index contributed by atoms with van der Waals surface area (Å²) in [6.45, 7) is 0.367. The summed E-state index contributed by atoms with van der Waals surface area (Å²) in [5.74, 6) is -0.0489. The van der Waals surface area contributed by atoms with Crippen molar-refractivity contribution in [2.75, 3.05) is 19.5 Å². The highest BCUT2D eigenvalue weighted by Crippen LogP contribution is 2.31. The molecule has 3 atom stereocenters. The lowest BCUT2D eigenvalue weighted by Crippen LogP contribution is -2.19. The van der Waals surface area contributed by atoms with Crippen LogP contribution in [-0.2, 0) is 9.47 Å². The molecule has 3 rings (SSSR count). The van der Waals surface area contributed by atoms with Gasteiger partial charge in [0.15, 0.2) is 23.2 Å². The maximum Gasteiger partial charge on any atom is 0.312 e. The number of aromatic nitrogens is 4. The van der Waals surface area contributed by atoms with Gasteiger partial charge >= 0.3 is 6.08 Å². The third-order valence-corrected chi connectivity index (χ3v) is 3.21. The summed E-state index contributed by atoms with van der Waals surface area (Å²) in [5.41, 5.74) is 6.06. The van der Waals surface area contributed by atoms with E-state index in [0.717, 1.165) is 0 Å². The predicted molar refractivity (Wildman–Crippen MR) is 66.1 cm³/mol. The molecule has 0 aromatic carbocycles. The smallest absolute Gasteiger partial charge is 0.312 e. The van der Waals surface area contributed by atoms with E-state index in [-0.39, 0.29) is 23.1 Å². The van der Waals surface area contributed by atoms with E-state index in [4.69, 9.17) is 15.2 Å². The molecule has 3 heterocycles. The standard InChI is InChI=1S/C11H14FN5O3/c1-19-3-5-2-6(18)10(20-5)17-4-14-7-8(13)15-11(12)16-9(7)17/h4-6,10,18H,2-3H2,1H3,(H2,13,15,16). The van der Waals surface area contributed by atoms with Gasteiger partial charge in [-0.3, -0.25) is 4.57 Å². The first-order valence-electron chi connectivity index (χ1n) is 6.08. The second kappa shape index (κ2) is 4.93. The molecule has 0 spiro atoms. The predicted octanol–water partition coefficient (Wildman–Crippen LogP) is -0.158. The minimum absolute atomic E-state index is 0.0489. The van der Waals surface area contributed by atoms with E-state index in [0.29, 0.717) is 13.0 Å². The van der Waals surface area contributed by atoms with Crippen LogP contribution in [0.1, 0.15) is 12.6 Å². The number of aliphatic hydroxyl groups excluding tert-OH is 1. The molecule has 8 nitrogen and oxygen atoms in total. The zero-order valence-electron chi connectivity index (χ0n) is 10.7. The van der Waals surface area contributed by atoms with Crippen LogP contribution < -0.4 is 5.73 Å². The second-order valence-electron chi connectivity index (χ2n) is 4.61. The van der Waals surface area contributed by atoms with Gasteiger partial charge in [0.1, 0.15) is 6.10 Å². The van der Waals surface area contributed by atoms with Gasteiger partial charge < -0.3 is 20.3 Å². The number of nitrogens with two attached hydrogens (primary N) is 1. The van der Waals surface area contributed by atoms with Gasteiger partial charge in [0.25, 0.3) is 0 Å². The van der Waals surface area contributed by atoms with Crippen molar-refractivity contribution >= 4 is 17.0 Å². The van der Waals surface area contributed by atoms with E-state index in [1.807, 2.05) is 0 Å². The van der Waals surface area contributed by atoms with Crippen molar-refractivity contribution in [3.63, 3.8) is 0 Å². The molecule has 1 aliphatic heterocycles. The number of imidazole rings is 1. The van der Waals surface area contributed by atoms with Gasteiger partial charge in [-0.1, -0.05) is 0 Å². The summed E-state index contributed by atoms with van der Waals surface area (Å²) < 4.78 is 25.4. The first-order valence-corrected chi connectivity index (χ1v) is 6.08. The number of halogens is 1. The quantitative estimate of drug-likeness (QED) is 0.753. The van der Waals surface area contributed by atoms with Crippen molar-refractivity contribution in [1.82, 2.24) is 19.5 Å². The number of anilines is 1. The molecule has 9 heteroatoms. The topological polar surface area (TPSA) is 108 Å². The molecule has 1 fully saturated rings. The monoisotopic (exact) mass is 283 g/mol. The van der Waals surface area contributed by atoms with Gasteiger partial charge in [0.2, 0.25) is 0 Å². The fraction of sp³-hybridized carbons (Fsp3) is 0.545. The Morgan fingerprint density at radius 1 is 1.60 bits per heavy atom. The van der Waals surface area contributed by atoms with E-state index in [9.17, 15) is 9.50 Å². The highest BCUT2D eigenvalue weighted by Gasteiger charge is 2.36. The Balaban J connectivity index is 1.98. The van der Waals surface area contributed by atoms with Gasteiger partial charge in [0.05, 0.1) is 19.0 Å². The van der Waals surface area contributed by atoms with Crippen LogP contribution >= 0.6 is 0 Å². The van der Waals surface area contributed by atoms with Crippen LogP contribution in [0.2, 0.25) is 0 Å². The summed E-state index contributed by atoms with van der Waals surface area (Å²) in [5, 5.41) is 10.1. The minimum Gasteiger partial charge on any atom is -0.388 e. The summed E-state index contributed by atoms with van der Waals surface area (Å²) in [6.07, 6.45) is -0.820. The van der Waals surface area contributed by atoms with E-state index in [1.54, 1.807) is 7.11 Å². The van der Waals surface area contributed by atoms with Crippen molar-refractivity contribution in [3.05, 3.63) is 12.4 Å². The van der Waals surface area contributed by atoms with Crippen LogP contribution in [0.3, 0.4) is 0 Å². The van der Waals surface area contributed by atoms with Crippen LogP contribution in [0, 0.1) is 6.08 Å². The molecule has 0 radical (unpaired) electrons. The van der Waals surface area contributed by atoms with E-state index >= 15 is 0 Å². The van der Waals surface area contributed by atoms with Crippen LogP contribution in [0.4, 0.5) is 10.2 Å². The number of aliphatic hydroxyl groups is 1. The third-order valence-electron chi connectivity index (χ3n) is 3.21. The van der Waals surface area contributed by atoms with Crippen molar-refractivity contribution in [1.29, 1.82) is 0 Å². The zero-order chi connectivity index (χ0) is 14.3. The van der Waals surface area contributed by atoms with Crippen molar-refractivity contribution in [2.24, 2.45) is 0 Å². The molecule has 3 N–H and O–H groups in total. The van der Waals surface area contributed by atoms with Crippen molar-refractivity contribution < 1.29 is 19.0 Å². The number of methoxy groups -OCH3 is 1. The Hall–Kier alpha value is -1.84. The molecule has 2 aromatic rings. The number of rotatable bonds is 3. The summed E-state index contributed by atoms with van der Waals surface area (Å²) >= 11 is 0. The first-order chi connectivity index (χ1) is 9.60. The molecule has 2 aromatic heterocycles. The van der Waals surface area contributed by atoms with Gasteiger partial charge in [-0.05, 0) is 0 Å². The first kappa shape index (κ1) is 13.2. The number of ether oxygens (including phenoxy) is 2. The van der Waals surface area contributed by atoms with Crippen molar-refractivity contribution in [3.8, 4) is 0 Å². The molecule has 0 saturated carbocycles. The molecular formula is C11H14FN5O3.